The Balaban J connectivity index is 2.18. The van der Waals surface area contributed by atoms with E-state index in [-0.39, 0.29) is 24.3 Å². The van der Waals surface area contributed by atoms with Crippen LogP contribution in [0.2, 0.25) is 0 Å². The number of carbonyl (C=O) groups excluding carboxylic acids is 2. The maximum absolute atomic E-state index is 11.5. The number of furan rings is 1. The summed E-state index contributed by atoms with van der Waals surface area (Å²) in [5.74, 6) is -0.567. The third kappa shape index (κ3) is 6.40. The largest absolute Gasteiger partial charge is 0.444 e. The second-order valence-corrected chi connectivity index (χ2v) is 4.91. The van der Waals surface area contributed by atoms with E-state index < -0.39 is 5.91 Å². The fourth-order valence-corrected chi connectivity index (χ4v) is 1.68. The first-order valence-corrected chi connectivity index (χ1v) is 6.76. The topological polar surface area (TPSA) is 91.6 Å². The van der Waals surface area contributed by atoms with E-state index in [0.717, 1.165) is 0 Å². The molecule has 1 atom stereocenters. The van der Waals surface area contributed by atoms with Gasteiger partial charge in [-0.05, 0) is 47.8 Å². The predicted octanol–water partition coefficient (Wildman–Crippen LogP) is 1.05. The molecule has 1 heterocycles. The molecule has 0 fully saturated rings. The van der Waals surface area contributed by atoms with Crippen molar-refractivity contribution in [2.75, 3.05) is 13.1 Å². The highest BCUT2D eigenvalue weighted by atomic mass is 79.9. The molecule has 1 aromatic heterocycles. The van der Waals surface area contributed by atoms with Crippen molar-refractivity contribution >= 4 is 27.7 Å². The highest BCUT2D eigenvalue weighted by Gasteiger charge is 2.11. The summed E-state index contributed by atoms with van der Waals surface area (Å²) >= 11 is 3.09. The summed E-state index contributed by atoms with van der Waals surface area (Å²) in [6.45, 7) is 2.07. The van der Waals surface area contributed by atoms with Gasteiger partial charge in [0.25, 0.3) is 5.91 Å². The van der Waals surface area contributed by atoms with E-state index in [2.05, 4.69) is 26.6 Å². The summed E-state index contributed by atoms with van der Waals surface area (Å²) in [4.78, 5) is 22.9. The molecule has 0 bridgehead atoms. The number of rotatable bonds is 7. The molecule has 0 saturated carbocycles. The van der Waals surface area contributed by atoms with Crippen LogP contribution in [-0.2, 0) is 4.79 Å². The molecular formula is C12H17BrN2O4. The summed E-state index contributed by atoms with van der Waals surface area (Å²) in [6, 6.07) is 3.12. The van der Waals surface area contributed by atoms with Gasteiger partial charge in [-0.1, -0.05) is 0 Å². The zero-order valence-electron chi connectivity index (χ0n) is 10.6. The Morgan fingerprint density at radius 2 is 2.16 bits per heavy atom. The number of carbonyl (C=O) groups is 2. The average molecular weight is 333 g/mol. The maximum Gasteiger partial charge on any atom is 0.287 e. The van der Waals surface area contributed by atoms with Crippen molar-refractivity contribution in [1.29, 1.82) is 0 Å². The average Bonchev–Trinajstić information content (AvgIpc) is 2.78. The second kappa shape index (κ2) is 7.96. The first-order valence-electron chi connectivity index (χ1n) is 5.97. The van der Waals surface area contributed by atoms with E-state index in [1.165, 1.54) is 6.07 Å². The van der Waals surface area contributed by atoms with Gasteiger partial charge in [0.1, 0.15) is 0 Å². The van der Waals surface area contributed by atoms with Gasteiger partial charge in [-0.2, -0.15) is 0 Å². The number of aliphatic hydroxyl groups is 1. The number of amides is 2. The maximum atomic E-state index is 11.5. The van der Waals surface area contributed by atoms with Gasteiger partial charge in [-0.25, -0.2) is 0 Å². The minimum Gasteiger partial charge on any atom is -0.444 e. The number of hydrogen-bond acceptors (Lipinski definition) is 4. The molecule has 0 spiro atoms. The van der Waals surface area contributed by atoms with Gasteiger partial charge >= 0.3 is 0 Å². The highest BCUT2D eigenvalue weighted by molar-refractivity contribution is 9.10. The molecule has 0 saturated heterocycles. The molecule has 7 heteroatoms. The van der Waals surface area contributed by atoms with Crippen molar-refractivity contribution < 1.29 is 19.1 Å². The van der Waals surface area contributed by atoms with Crippen LogP contribution >= 0.6 is 15.9 Å². The van der Waals surface area contributed by atoms with E-state index in [4.69, 9.17) is 9.52 Å². The van der Waals surface area contributed by atoms with Crippen LogP contribution < -0.4 is 10.6 Å². The first-order chi connectivity index (χ1) is 8.99. The summed E-state index contributed by atoms with van der Waals surface area (Å²) < 4.78 is 5.51. The van der Waals surface area contributed by atoms with E-state index in [9.17, 15) is 9.59 Å². The van der Waals surface area contributed by atoms with Crippen LogP contribution in [0.25, 0.3) is 0 Å². The third-order valence-electron chi connectivity index (χ3n) is 2.33. The quantitative estimate of drug-likeness (QED) is 0.651. The minimum absolute atomic E-state index is 0.105. The van der Waals surface area contributed by atoms with Crippen LogP contribution in [0.3, 0.4) is 0 Å². The molecule has 1 rings (SSSR count). The van der Waals surface area contributed by atoms with E-state index >= 15 is 0 Å². The molecule has 0 aliphatic heterocycles. The zero-order valence-corrected chi connectivity index (χ0v) is 12.2. The van der Waals surface area contributed by atoms with Crippen LogP contribution in [-0.4, -0.2) is 36.1 Å². The van der Waals surface area contributed by atoms with Crippen molar-refractivity contribution in [3.05, 3.63) is 22.6 Å². The molecule has 0 radical (unpaired) electrons. The normalized spacial score (nSPS) is 11.9. The number of halogens is 1. The lowest BCUT2D eigenvalue weighted by Gasteiger charge is -2.07. The summed E-state index contributed by atoms with van der Waals surface area (Å²) in [5, 5.41) is 14.1. The van der Waals surface area contributed by atoms with Crippen molar-refractivity contribution in [3.63, 3.8) is 0 Å². The predicted molar refractivity (Wildman–Crippen MR) is 72.7 cm³/mol. The highest BCUT2D eigenvalue weighted by Crippen LogP contribution is 2.13. The van der Waals surface area contributed by atoms with E-state index in [0.29, 0.717) is 24.1 Å². The van der Waals surface area contributed by atoms with Gasteiger partial charge in [0.2, 0.25) is 5.91 Å². The summed E-state index contributed by atoms with van der Waals surface area (Å²) in [7, 11) is 0. The van der Waals surface area contributed by atoms with Crippen LogP contribution in [0.1, 0.15) is 30.3 Å². The number of aliphatic hydroxyl groups excluding tert-OH is 1. The molecule has 1 unspecified atom stereocenters. The van der Waals surface area contributed by atoms with Gasteiger partial charge in [-0.15, -0.1) is 0 Å². The van der Waals surface area contributed by atoms with Crippen LogP contribution in [0.15, 0.2) is 21.2 Å². The summed E-state index contributed by atoms with van der Waals surface area (Å²) in [6.07, 6.45) is 0.962. The SMILES string of the molecule is CC(O)CCCNC(=O)CNC(=O)c1ccc(Br)o1. The fourth-order valence-electron chi connectivity index (χ4n) is 1.37. The molecule has 3 N–H and O–H groups in total. The molecule has 0 aliphatic carbocycles. The number of nitrogens with one attached hydrogen (secondary N) is 2. The Bertz CT molecular complexity index is 431. The fraction of sp³-hybridized carbons (Fsp3) is 0.500. The Hall–Kier alpha value is -1.34. The smallest absolute Gasteiger partial charge is 0.287 e. The Kier molecular flexibility index (Phi) is 6.58. The molecule has 0 aliphatic rings. The second-order valence-electron chi connectivity index (χ2n) is 4.13. The van der Waals surface area contributed by atoms with Gasteiger partial charge in [0.05, 0.1) is 12.6 Å². The first kappa shape index (κ1) is 15.7. The Morgan fingerprint density at radius 3 is 2.74 bits per heavy atom. The van der Waals surface area contributed by atoms with Crippen molar-refractivity contribution in [3.8, 4) is 0 Å². The van der Waals surface area contributed by atoms with Crippen molar-refractivity contribution in [1.82, 2.24) is 10.6 Å². The lowest BCUT2D eigenvalue weighted by Crippen LogP contribution is -2.37. The molecule has 1 aromatic rings. The molecule has 19 heavy (non-hydrogen) atoms. The lowest BCUT2D eigenvalue weighted by molar-refractivity contribution is -0.120. The molecular weight excluding hydrogens is 316 g/mol. The standard InChI is InChI=1S/C12H17BrN2O4/c1-8(16)3-2-6-14-11(17)7-15-12(18)9-4-5-10(13)19-9/h4-5,8,16H,2-3,6-7H2,1H3,(H,14,17)(H,15,18). The zero-order chi connectivity index (χ0) is 14.3. The van der Waals surface area contributed by atoms with E-state index in [1.54, 1.807) is 13.0 Å². The Labute approximate surface area is 119 Å². The monoisotopic (exact) mass is 332 g/mol. The summed E-state index contributed by atoms with van der Waals surface area (Å²) in [5.41, 5.74) is 0. The third-order valence-corrected chi connectivity index (χ3v) is 2.75. The Morgan fingerprint density at radius 1 is 1.42 bits per heavy atom. The molecule has 0 aromatic carbocycles. The van der Waals surface area contributed by atoms with Gasteiger partial charge in [0, 0.05) is 6.54 Å². The lowest BCUT2D eigenvalue weighted by atomic mass is 10.2. The van der Waals surface area contributed by atoms with Crippen LogP contribution in [0.5, 0.6) is 0 Å². The molecule has 6 nitrogen and oxygen atoms in total. The van der Waals surface area contributed by atoms with Crippen LogP contribution in [0.4, 0.5) is 0 Å². The van der Waals surface area contributed by atoms with Gasteiger partial charge in [-0.3, -0.25) is 9.59 Å². The van der Waals surface area contributed by atoms with Crippen LogP contribution in [0, 0.1) is 0 Å². The molecule has 2 amide bonds. The van der Waals surface area contributed by atoms with Crippen molar-refractivity contribution in [2.24, 2.45) is 0 Å². The van der Waals surface area contributed by atoms with Gasteiger partial charge in [0.15, 0.2) is 10.4 Å². The van der Waals surface area contributed by atoms with Gasteiger partial charge < -0.3 is 20.2 Å². The number of hydrogen-bond donors (Lipinski definition) is 3. The van der Waals surface area contributed by atoms with E-state index in [1.807, 2.05) is 0 Å². The van der Waals surface area contributed by atoms with Crippen molar-refractivity contribution in [2.45, 2.75) is 25.9 Å². The molecule has 106 valence electrons. The minimum atomic E-state index is -0.440.